The number of nitrogens with zero attached hydrogens (tertiary/aromatic N) is 2. The van der Waals surface area contributed by atoms with Gasteiger partial charge >= 0.3 is 5.97 Å². The maximum absolute atomic E-state index is 10.5. The lowest BCUT2D eigenvalue weighted by Gasteiger charge is -1.93. The topological polar surface area (TPSA) is 52.1 Å². The molecule has 1 heterocycles. The van der Waals surface area contributed by atoms with Gasteiger partial charge in [-0.2, -0.15) is 12.6 Å². The van der Waals surface area contributed by atoms with E-state index in [1.165, 1.54) is 6.20 Å². The summed E-state index contributed by atoms with van der Waals surface area (Å²) in [6, 6.07) is 0. The summed E-state index contributed by atoms with van der Waals surface area (Å²) in [6.07, 6.45) is 1.38. The average Bonchev–Trinajstić information content (AvgIpc) is 2.40. The molecule has 0 N–H and O–H groups in total. The molecule has 0 aliphatic rings. The zero-order valence-electron chi connectivity index (χ0n) is 4.85. The predicted molar refractivity (Wildman–Crippen MR) is 39.4 cm³/mol. The molecule has 0 amide bonds. The van der Waals surface area contributed by atoms with Gasteiger partial charge < -0.3 is 4.74 Å². The first-order valence-corrected chi connectivity index (χ1v) is 3.82. The largest absolute Gasteiger partial charge is 0.411 e. The number of carbonyl (C=O) groups excluding carboxylic acids is 1. The Morgan fingerprint density at radius 3 is 3.20 bits per heavy atom. The Kier molecular flexibility index (Phi) is 2.64. The minimum atomic E-state index is -0.394. The Hall–Kier alpha value is -0.620. The molecule has 54 valence electrons. The van der Waals surface area contributed by atoms with Crippen LogP contribution in [0.5, 0.6) is 5.06 Å². The lowest BCUT2D eigenvalue weighted by molar-refractivity contribution is -0.131. The van der Waals surface area contributed by atoms with Crippen LogP contribution in [0, 0.1) is 0 Å². The van der Waals surface area contributed by atoms with Crippen LogP contribution >= 0.6 is 24.2 Å². The highest BCUT2D eigenvalue weighted by Gasteiger charge is 2.02. The highest BCUT2D eigenvalue weighted by atomic mass is 32.1. The van der Waals surface area contributed by atoms with Gasteiger partial charge in [-0.05, 0) is 0 Å². The average molecular weight is 176 g/mol. The van der Waals surface area contributed by atoms with Crippen LogP contribution in [0.3, 0.4) is 0 Å². The van der Waals surface area contributed by atoms with E-state index in [0.717, 1.165) is 11.5 Å². The van der Waals surface area contributed by atoms with Crippen molar-refractivity contribution in [3.63, 3.8) is 0 Å². The number of hydrogen-bond acceptors (Lipinski definition) is 6. The second-order valence-electron chi connectivity index (χ2n) is 1.37. The molecule has 0 saturated heterocycles. The molecule has 0 saturated carbocycles. The van der Waals surface area contributed by atoms with Crippen molar-refractivity contribution >= 4 is 30.1 Å². The van der Waals surface area contributed by atoms with Crippen molar-refractivity contribution in [1.29, 1.82) is 0 Å². The summed E-state index contributed by atoms with van der Waals surface area (Å²) >= 11 is 4.74. The second kappa shape index (κ2) is 3.52. The van der Waals surface area contributed by atoms with Crippen LogP contribution in [0.2, 0.25) is 0 Å². The summed E-state index contributed by atoms with van der Waals surface area (Å²) in [5.74, 6) is -0.327. The van der Waals surface area contributed by atoms with Crippen LogP contribution in [-0.4, -0.2) is 21.3 Å². The zero-order valence-corrected chi connectivity index (χ0v) is 6.56. The third-order valence-electron chi connectivity index (χ3n) is 0.685. The number of aromatic nitrogens is 2. The van der Waals surface area contributed by atoms with Gasteiger partial charge in [0.05, 0.1) is 5.75 Å². The van der Waals surface area contributed by atoms with Gasteiger partial charge in [0.25, 0.3) is 0 Å². The van der Waals surface area contributed by atoms with Gasteiger partial charge in [-0.3, -0.25) is 4.79 Å². The molecular formula is C4H4N2O2S2. The smallest absolute Gasteiger partial charge is 0.321 e. The number of rotatable bonds is 2. The molecule has 6 heteroatoms. The van der Waals surface area contributed by atoms with Crippen molar-refractivity contribution in [3.8, 4) is 5.06 Å². The van der Waals surface area contributed by atoms with Gasteiger partial charge in [-0.25, -0.2) is 0 Å². The monoisotopic (exact) mass is 176 g/mol. The van der Waals surface area contributed by atoms with E-state index in [9.17, 15) is 4.79 Å². The SMILES string of the molecule is O=C(CS)Oc1cnns1. The van der Waals surface area contributed by atoms with E-state index in [1.54, 1.807) is 0 Å². The highest BCUT2D eigenvalue weighted by molar-refractivity contribution is 7.81. The fourth-order valence-electron chi connectivity index (χ4n) is 0.348. The van der Waals surface area contributed by atoms with Crippen LogP contribution < -0.4 is 4.74 Å². The van der Waals surface area contributed by atoms with Gasteiger partial charge in [0, 0.05) is 11.5 Å². The molecule has 0 atom stereocenters. The van der Waals surface area contributed by atoms with Crippen molar-refractivity contribution in [2.75, 3.05) is 5.75 Å². The zero-order chi connectivity index (χ0) is 7.40. The lowest BCUT2D eigenvalue weighted by Crippen LogP contribution is -2.07. The second-order valence-corrected chi connectivity index (χ2v) is 2.43. The Labute approximate surface area is 66.8 Å². The number of carbonyl (C=O) groups is 1. The van der Waals surface area contributed by atoms with E-state index >= 15 is 0 Å². The molecule has 0 fully saturated rings. The van der Waals surface area contributed by atoms with Crippen LogP contribution in [0.1, 0.15) is 0 Å². The minimum absolute atomic E-state index is 0.0674. The van der Waals surface area contributed by atoms with E-state index in [1.807, 2.05) is 0 Å². The fourth-order valence-corrected chi connectivity index (χ4v) is 0.811. The summed E-state index contributed by atoms with van der Waals surface area (Å²) < 4.78 is 8.18. The molecule has 4 nitrogen and oxygen atoms in total. The van der Waals surface area contributed by atoms with Crippen molar-refractivity contribution in [1.82, 2.24) is 9.59 Å². The number of thiol groups is 1. The standard InChI is InChI=1S/C4H4N2O2S2/c7-3(2-9)8-4-1-5-6-10-4/h1,9H,2H2. The van der Waals surface area contributed by atoms with E-state index in [0.29, 0.717) is 5.06 Å². The fraction of sp³-hybridized carbons (Fsp3) is 0.250. The van der Waals surface area contributed by atoms with Gasteiger partial charge in [0.2, 0.25) is 5.06 Å². The molecule has 0 aliphatic carbocycles. The summed E-state index contributed by atoms with van der Waals surface area (Å²) in [7, 11) is 0. The van der Waals surface area contributed by atoms with E-state index in [-0.39, 0.29) is 5.75 Å². The Morgan fingerprint density at radius 1 is 1.90 bits per heavy atom. The van der Waals surface area contributed by atoms with Crippen molar-refractivity contribution < 1.29 is 9.53 Å². The first-order chi connectivity index (χ1) is 4.83. The van der Waals surface area contributed by atoms with Crippen molar-refractivity contribution in [2.24, 2.45) is 0 Å². The van der Waals surface area contributed by atoms with Gasteiger partial charge in [0.15, 0.2) is 0 Å². The number of esters is 1. The van der Waals surface area contributed by atoms with E-state index in [2.05, 4.69) is 27.0 Å². The molecule has 0 radical (unpaired) electrons. The molecule has 10 heavy (non-hydrogen) atoms. The van der Waals surface area contributed by atoms with Crippen LogP contribution in [0.4, 0.5) is 0 Å². The van der Waals surface area contributed by atoms with Crippen LogP contribution in [-0.2, 0) is 4.79 Å². The summed E-state index contributed by atoms with van der Waals surface area (Å²) in [5.41, 5.74) is 0. The molecule has 0 aliphatic heterocycles. The molecule has 1 aromatic rings. The first-order valence-electron chi connectivity index (χ1n) is 2.42. The van der Waals surface area contributed by atoms with Crippen LogP contribution in [0.15, 0.2) is 6.20 Å². The molecule has 0 aromatic carbocycles. The van der Waals surface area contributed by atoms with Gasteiger partial charge in [-0.15, -0.1) is 5.10 Å². The molecule has 1 aromatic heterocycles. The molecule has 0 bridgehead atoms. The van der Waals surface area contributed by atoms with Crippen molar-refractivity contribution in [3.05, 3.63) is 6.20 Å². The lowest BCUT2D eigenvalue weighted by atomic mass is 10.8. The molecular weight excluding hydrogens is 172 g/mol. The maximum Gasteiger partial charge on any atom is 0.321 e. The minimum Gasteiger partial charge on any atom is -0.411 e. The van der Waals surface area contributed by atoms with Crippen LogP contribution in [0.25, 0.3) is 0 Å². The summed E-state index contributed by atoms with van der Waals surface area (Å²) in [4.78, 5) is 10.5. The highest BCUT2D eigenvalue weighted by Crippen LogP contribution is 2.12. The maximum atomic E-state index is 10.5. The Balaban J connectivity index is 2.48. The third kappa shape index (κ3) is 1.96. The Morgan fingerprint density at radius 2 is 2.70 bits per heavy atom. The van der Waals surface area contributed by atoms with Crippen molar-refractivity contribution in [2.45, 2.75) is 0 Å². The first kappa shape index (κ1) is 7.49. The molecule has 0 unspecified atom stereocenters. The normalized spacial score (nSPS) is 9.30. The quantitative estimate of drug-likeness (QED) is 0.522. The predicted octanol–water partition coefficient (Wildman–Crippen LogP) is 0.373. The number of hydrogen-bond donors (Lipinski definition) is 1. The van der Waals surface area contributed by atoms with Gasteiger partial charge in [-0.1, -0.05) is 4.49 Å². The van der Waals surface area contributed by atoms with E-state index in [4.69, 9.17) is 0 Å². The van der Waals surface area contributed by atoms with Gasteiger partial charge in [0.1, 0.15) is 6.20 Å². The Bertz CT molecular complexity index is 211. The summed E-state index contributed by atoms with van der Waals surface area (Å²) in [6.45, 7) is 0. The molecule has 1 rings (SSSR count). The number of ether oxygens (including phenoxy) is 1. The molecule has 0 spiro atoms. The summed E-state index contributed by atoms with van der Waals surface area (Å²) in [5, 5.41) is 3.88. The van der Waals surface area contributed by atoms with E-state index < -0.39 is 5.97 Å². The third-order valence-corrected chi connectivity index (χ3v) is 1.49.